The zero-order valence-corrected chi connectivity index (χ0v) is 18.9. The fourth-order valence-electron chi connectivity index (χ4n) is 4.97. The Morgan fingerprint density at radius 2 is 2.09 bits per heavy atom. The molecule has 1 saturated heterocycles. The molecule has 0 bridgehead atoms. The van der Waals surface area contributed by atoms with Gasteiger partial charge in [0.2, 0.25) is 0 Å². The summed E-state index contributed by atoms with van der Waals surface area (Å²) in [4.78, 5) is 18.7. The molecule has 1 aromatic heterocycles. The van der Waals surface area contributed by atoms with Crippen molar-refractivity contribution in [2.24, 2.45) is 0 Å². The van der Waals surface area contributed by atoms with Crippen molar-refractivity contribution in [2.75, 3.05) is 38.0 Å². The summed E-state index contributed by atoms with van der Waals surface area (Å²) >= 11 is 0. The first-order chi connectivity index (χ1) is 15.7. The lowest BCUT2D eigenvalue weighted by Gasteiger charge is -2.34. The second-order valence-corrected chi connectivity index (χ2v) is 9.20. The number of nitrogens with zero attached hydrogens (tertiary/aromatic N) is 2. The predicted octanol–water partition coefficient (Wildman–Crippen LogP) is 3.68. The monoisotopic (exact) mass is 436 g/mol. The van der Waals surface area contributed by atoms with Crippen molar-refractivity contribution < 1.29 is 9.90 Å². The van der Waals surface area contributed by atoms with Gasteiger partial charge in [-0.3, -0.25) is 4.79 Å². The molecule has 2 aromatic rings. The lowest BCUT2D eigenvalue weighted by molar-refractivity contribution is -0.137. The summed E-state index contributed by atoms with van der Waals surface area (Å²) in [7, 11) is 0. The number of fused-ring (bicyclic) bond motifs is 1. The molecule has 2 atom stereocenters. The maximum atomic E-state index is 11.4. The first-order valence-electron chi connectivity index (χ1n) is 12.1. The molecule has 6 heteroatoms. The fourth-order valence-corrected chi connectivity index (χ4v) is 4.97. The van der Waals surface area contributed by atoms with E-state index in [9.17, 15) is 9.90 Å². The molecule has 172 valence electrons. The summed E-state index contributed by atoms with van der Waals surface area (Å²) in [5, 5.41) is 16.4. The smallest absolute Gasteiger partial charge is 0.304 e. The van der Waals surface area contributed by atoms with Crippen molar-refractivity contribution in [3.63, 3.8) is 0 Å². The van der Waals surface area contributed by atoms with Crippen molar-refractivity contribution in [2.45, 2.75) is 56.9 Å². The van der Waals surface area contributed by atoms with Gasteiger partial charge < -0.3 is 20.6 Å². The van der Waals surface area contributed by atoms with Gasteiger partial charge in [-0.2, -0.15) is 0 Å². The molecule has 0 aliphatic carbocycles. The Morgan fingerprint density at radius 1 is 1.22 bits per heavy atom. The quantitative estimate of drug-likeness (QED) is 0.527. The molecule has 0 spiro atoms. The van der Waals surface area contributed by atoms with E-state index in [-0.39, 0.29) is 12.3 Å². The highest BCUT2D eigenvalue weighted by Crippen LogP contribution is 2.21. The SMILES string of the molecule is O=C(O)CC(CNC1CCCN(CCCc2ccc3c(n2)NCCC3)C1)c1ccccc1. The summed E-state index contributed by atoms with van der Waals surface area (Å²) in [6.07, 6.45) is 6.96. The van der Waals surface area contributed by atoms with E-state index < -0.39 is 5.97 Å². The third-order valence-corrected chi connectivity index (χ3v) is 6.71. The number of carbonyl (C=O) groups is 1. The van der Waals surface area contributed by atoms with Gasteiger partial charge in [-0.15, -0.1) is 0 Å². The molecule has 6 nitrogen and oxygen atoms in total. The number of aromatic nitrogens is 1. The van der Waals surface area contributed by atoms with E-state index in [2.05, 4.69) is 27.7 Å². The topological polar surface area (TPSA) is 77.5 Å². The number of carboxylic acid groups (broad SMARTS) is 1. The van der Waals surface area contributed by atoms with Crippen molar-refractivity contribution in [1.29, 1.82) is 0 Å². The number of pyridine rings is 1. The second-order valence-electron chi connectivity index (χ2n) is 9.20. The molecule has 1 aromatic carbocycles. The minimum absolute atomic E-state index is 0.00719. The average Bonchev–Trinajstić information content (AvgIpc) is 2.82. The van der Waals surface area contributed by atoms with Crippen LogP contribution in [0.4, 0.5) is 5.82 Å². The Morgan fingerprint density at radius 3 is 2.94 bits per heavy atom. The van der Waals surface area contributed by atoms with Crippen LogP contribution < -0.4 is 10.6 Å². The van der Waals surface area contributed by atoms with E-state index >= 15 is 0 Å². The molecule has 0 amide bonds. The van der Waals surface area contributed by atoms with Gasteiger partial charge in [0.15, 0.2) is 0 Å². The number of hydrogen-bond donors (Lipinski definition) is 3. The normalized spacial score (nSPS) is 19.7. The summed E-state index contributed by atoms with van der Waals surface area (Å²) in [6.45, 7) is 5.01. The van der Waals surface area contributed by atoms with E-state index in [1.165, 1.54) is 24.1 Å². The number of piperidine rings is 1. The zero-order valence-electron chi connectivity index (χ0n) is 18.9. The maximum absolute atomic E-state index is 11.4. The average molecular weight is 437 g/mol. The lowest BCUT2D eigenvalue weighted by atomic mass is 9.94. The second kappa shape index (κ2) is 11.4. The predicted molar refractivity (Wildman–Crippen MR) is 128 cm³/mol. The Hall–Kier alpha value is -2.44. The van der Waals surface area contributed by atoms with Crippen molar-refractivity contribution in [1.82, 2.24) is 15.2 Å². The summed E-state index contributed by atoms with van der Waals surface area (Å²) in [5.41, 5.74) is 3.63. The summed E-state index contributed by atoms with van der Waals surface area (Å²) in [6, 6.07) is 14.9. The molecule has 1 fully saturated rings. The maximum Gasteiger partial charge on any atom is 0.304 e. The molecule has 2 aliphatic heterocycles. The number of likely N-dealkylation sites (tertiary alicyclic amines) is 1. The van der Waals surface area contributed by atoms with E-state index in [4.69, 9.17) is 4.98 Å². The first kappa shape index (κ1) is 22.7. The number of rotatable bonds is 10. The highest BCUT2D eigenvalue weighted by atomic mass is 16.4. The van der Waals surface area contributed by atoms with E-state index in [1.807, 2.05) is 30.3 Å². The first-order valence-corrected chi connectivity index (χ1v) is 12.1. The standard InChI is InChI=1S/C26H36N4O2/c31-25(32)17-22(20-7-2-1-3-8-20)18-28-24-11-6-16-30(19-24)15-5-10-23-13-12-21-9-4-14-27-26(21)29-23/h1-3,7-8,12-13,22,24,28H,4-6,9-11,14-19H2,(H,27,29)(H,31,32). The van der Waals surface area contributed by atoms with Crippen LogP contribution in [0.3, 0.4) is 0 Å². The number of anilines is 1. The molecule has 32 heavy (non-hydrogen) atoms. The van der Waals surface area contributed by atoms with Crippen LogP contribution in [0.5, 0.6) is 0 Å². The van der Waals surface area contributed by atoms with Crippen LogP contribution in [0, 0.1) is 0 Å². The fraction of sp³-hybridized carbons (Fsp3) is 0.538. The molecular weight excluding hydrogens is 400 g/mol. The van der Waals surface area contributed by atoms with Crippen LogP contribution in [-0.2, 0) is 17.6 Å². The number of nitrogens with one attached hydrogen (secondary N) is 2. The van der Waals surface area contributed by atoms with E-state index in [0.29, 0.717) is 12.6 Å². The van der Waals surface area contributed by atoms with Crippen LogP contribution in [0.15, 0.2) is 42.5 Å². The number of aliphatic carboxylic acids is 1. The van der Waals surface area contributed by atoms with Crippen molar-refractivity contribution in [3.8, 4) is 0 Å². The van der Waals surface area contributed by atoms with Gasteiger partial charge in [-0.25, -0.2) is 4.98 Å². The molecule has 4 rings (SSSR count). The van der Waals surface area contributed by atoms with Crippen LogP contribution in [0.1, 0.15) is 54.8 Å². The van der Waals surface area contributed by atoms with Gasteiger partial charge in [-0.05, 0) is 68.8 Å². The number of benzene rings is 1. The Labute approximate surface area is 191 Å². The minimum Gasteiger partial charge on any atom is -0.481 e. The molecule has 2 aliphatic rings. The van der Waals surface area contributed by atoms with Crippen LogP contribution in [0.2, 0.25) is 0 Å². The van der Waals surface area contributed by atoms with Gasteiger partial charge in [0.25, 0.3) is 0 Å². The zero-order chi connectivity index (χ0) is 22.2. The molecule has 3 heterocycles. The number of carboxylic acids is 1. The van der Waals surface area contributed by atoms with Crippen molar-refractivity contribution >= 4 is 11.8 Å². The Kier molecular flexibility index (Phi) is 8.13. The van der Waals surface area contributed by atoms with Crippen LogP contribution in [-0.4, -0.2) is 59.7 Å². The lowest BCUT2D eigenvalue weighted by Crippen LogP contribution is -2.47. The number of aryl methyl sites for hydroxylation is 2. The Balaban J connectivity index is 1.23. The van der Waals surface area contributed by atoms with E-state index in [0.717, 1.165) is 63.2 Å². The molecule has 2 unspecified atom stereocenters. The molecule has 0 saturated carbocycles. The summed E-state index contributed by atoms with van der Waals surface area (Å²) < 4.78 is 0. The highest BCUT2D eigenvalue weighted by molar-refractivity contribution is 5.68. The van der Waals surface area contributed by atoms with E-state index in [1.54, 1.807) is 0 Å². The number of hydrogen-bond acceptors (Lipinski definition) is 5. The van der Waals surface area contributed by atoms with Crippen LogP contribution in [0.25, 0.3) is 0 Å². The molecule has 0 radical (unpaired) electrons. The van der Waals surface area contributed by atoms with Gasteiger partial charge >= 0.3 is 5.97 Å². The van der Waals surface area contributed by atoms with Gasteiger partial charge in [0.1, 0.15) is 5.82 Å². The van der Waals surface area contributed by atoms with Gasteiger partial charge in [0.05, 0.1) is 6.42 Å². The molecular formula is C26H36N4O2. The van der Waals surface area contributed by atoms with Gasteiger partial charge in [-0.1, -0.05) is 36.4 Å². The Bertz CT molecular complexity index is 873. The third-order valence-electron chi connectivity index (χ3n) is 6.71. The van der Waals surface area contributed by atoms with Crippen LogP contribution >= 0.6 is 0 Å². The summed E-state index contributed by atoms with van der Waals surface area (Å²) in [5.74, 6) is 0.356. The minimum atomic E-state index is -0.739. The highest BCUT2D eigenvalue weighted by Gasteiger charge is 2.22. The largest absolute Gasteiger partial charge is 0.481 e. The molecule has 3 N–H and O–H groups in total. The van der Waals surface area contributed by atoms with Gasteiger partial charge in [0, 0.05) is 37.3 Å². The van der Waals surface area contributed by atoms with Crippen molar-refractivity contribution in [3.05, 3.63) is 59.3 Å². The third kappa shape index (κ3) is 6.53.